The Balaban J connectivity index is 1.90. The number of carbonyl (C=O) groups is 1. The van der Waals surface area contributed by atoms with E-state index in [4.69, 9.17) is 9.47 Å². The molecule has 0 aromatic rings. The molecule has 5 nitrogen and oxygen atoms in total. The van der Waals surface area contributed by atoms with Crippen molar-refractivity contribution in [1.82, 2.24) is 10.6 Å². The minimum Gasteiger partial charge on any atom is -0.348 e. The molecule has 0 aromatic carbocycles. The van der Waals surface area contributed by atoms with Crippen LogP contribution < -0.4 is 10.6 Å². The van der Waals surface area contributed by atoms with Gasteiger partial charge in [-0.2, -0.15) is 0 Å². The summed E-state index contributed by atoms with van der Waals surface area (Å²) in [6, 6.07) is 0.0880. The highest BCUT2D eigenvalue weighted by Crippen LogP contribution is 2.29. The van der Waals surface area contributed by atoms with Crippen molar-refractivity contribution >= 4 is 6.03 Å². The van der Waals surface area contributed by atoms with E-state index in [0.717, 1.165) is 6.42 Å². The van der Waals surface area contributed by atoms with E-state index in [1.807, 2.05) is 0 Å². The number of urea groups is 1. The molecule has 3 heterocycles. The smallest absolute Gasteiger partial charge is 0.315 e. The van der Waals surface area contributed by atoms with Gasteiger partial charge < -0.3 is 20.1 Å². The highest BCUT2D eigenvalue weighted by atomic mass is 16.7. The minimum atomic E-state index is -0.211. The quantitative estimate of drug-likeness (QED) is 0.499. The number of rotatable bonds is 0. The van der Waals surface area contributed by atoms with E-state index in [0.29, 0.717) is 6.61 Å². The molecule has 0 spiro atoms. The third-order valence-electron chi connectivity index (χ3n) is 2.65. The average Bonchev–Trinajstić information content (AvgIpc) is 2.46. The summed E-state index contributed by atoms with van der Waals surface area (Å²) in [6.45, 7) is 0.605. The first-order valence-electron chi connectivity index (χ1n) is 4.17. The largest absolute Gasteiger partial charge is 0.348 e. The Morgan fingerprint density at radius 2 is 2.17 bits per heavy atom. The number of nitrogens with one attached hydrogen (secondary N) is 2. The Hall–Kier alpha value is -0.810. The van der Waals surface area contributed by atoms with Crippen LogP contribution in [0.15, 0.2) is 0 Å². The van der Waals surface area contributed by atoms with Gasteiger partial charge in [-0.3, -0.25) is 0 Å². The molecule has 3 saturated heterocycles. The molecule has 3 aliphatic heterocycles. The summed E-state index contributed by atoms with van der Waals surface area (Å²) in [7, 11) is 0. The maximum absolute atomic E-state index is 11.1. The van der Waals surface area contributed by atoms with E-state index in [1.165, 1.54) is 0 Å². The highest BCUT2D eigenvalue weighted by Gasteiger charge is 2.47. The fraction of sp³-hybridized carbons (Fsp3) is 0.857. The van der Waals surface area contributed by atoms with Gasteiger partial charge in [0.15, 0.2) is 6.29 Å². The van der Waals surface area contributed by atoms with Gasteiger partial charge in [-0.25, -0.2) is 4.79 Å². The van der Waals surface area contributed by atoms with E-state index in [9.17, 15) is 4.79 Å². The molecule has 0 aromatic heterocycles. The van der Waals surface area contributed by atoms with Crippen molar-refractivity contribution in [1.29, 1.82) is 0 Å². The second-order valence-corrected chi connectivity index (χ2v) is 3.44. The standard InChI is InChI=1S/C7H10N2O3/c10-7-8-3-1-4(9-7)6-11-2-5(3)12-6/h3-6H,1-2H2,(H2,8,9,10)/t3-,4-,5-,6+/m1/s1. The van der Waals surface area contributed by atoms with Crippen molar-refractivity contribution in [3.8, 4) is 0 Å². The lowest BCUT2D eigenvalue weighted by Crippen LogP contribution is -2.64. The number of hydrogen-bond acceptors (Lipinski definition) is 3. The zero-order chi connectivity index (χ0) is 8.13. The Morgan fingerprint density at radius 1 is 1.33 bits per heavy atom. The molecule has 2 N–H and O–H groups in total. The average molecular weight is 170 g/mol. The van der Waals surface area contributed by atoms with Crippen LogP contribution in [-0.4, -0.2) is 37.1 Å². The van der Waals surface area contributed by atoms with Crippen LogP contribution in [-0.2, 0) is 9.47 Å². The van der Waals surface area contributed by atoms with Crippen LogP contribution in [0.2, 0.25) is 0 Å². The minimum absolute atomic E-state index is 0.0440. The van der Waals surface area contributed by atoms with Crippen LogP contribution in [0.4, 0.5) is 4.79 Å². The van der Waals surface area contributed by atoms with Crippen LogP contribution in [0.1, 0.15) is 6.42 Å². The maximum atomic E-state index is 11.1. The molecular weight excluding hydrogens is 160 g/mol. The van der Waals surface area contributed by atoms with Crippen LogP contribution in [0.3, 0.4) is 0 Å². The van der Waals surface area contributed by atoms with Gasteiger partial charge in [-0.05, 0) is 6.42 Å². The first-order valence-corrected chi connectivity index (χ1v) is 4.17. The number of ether oxygens (including phenoxy) is 2. The fourth-order valence-electron chi connectivity index (χ4n) is 2.06. The molecule has 0 aliphatic carbocycles. The van der Waals surface area contributed by atoms with E-state index in [-0.39, 0.29) is 30.5 Å². The zero-order valence-electron chi connectivity index (χ0n) is 6.45. The molecule has 66 valence electrons. The van der Waals surface area contributed by atoms with Crippen LogP contribution >= 0.6 is 0 Å². The summed E-state index contributed by atoms with van der Waals surface area (Å²) in [5.74, 6) is 0. The summed E-state index contributed by atoms with van der Waals surface area (Å²) in [5.41, 5.74) is 0. The third-order valence-corrected chi connectivity index (χ3v) is 2.65. The van der Waals surface area contributed by atoms with Crippen molar-refractivity contribution < 1.29 is 14.3 Å². The number of hydrogen-bond donors (Lipinski definition) is 2. The zero-order valence-corrected chi connectivity index (χ0v) is 6.45. The van der Waals surface area contributed by atoms with Gasteiger partial charge in [0, 0.05) is 0 Å². The predicted molar refractivity (Wildman–Crippen MR) is 38.5 cm³/mol. The van der Waals surface area contributed by atoms with E-state index < -0.39 is 0 Å². The lowest BCUT2D eigenvalue weighted by molar-refractivity contribution is -0.113. The summed E-state index contributed by atoms with van der Waals surface area (Å²) in [6.07, 6.45) is 0.774. The van der Waals surface area contributed by atoms with E-state index in [2.05, 4.69) is 10.6 Å². The van der Waals surface area contributed by atoms with Gasteiger partial charge in [0.2, 0.25) is 0 Å². The van der Waals surface area contributed by atoms with Gasteiger partial charge in [0.05, 0.1) is 18.7 Å². The number of fused-ring (bicyclic) bond motifs is 6. The van der Waals surface area contributed by atoms with Crippen molar-refractivity contribution in [3.63, 3.8) is 0 Å². The fourth-order valence-corrected chi connectivity index (χ4v) is 2.06. The second kappa shape index (κ2) is 2.11. The van der Waals surface area contributed by atoms with Gasteiger partial charge >= 0.3 is 6.03 Å². The molecule has 3 aliphatic rings. The maximum Gasteiger partial charge on any atom is 0.315 e. The van der Waals surface area contributed by atoms with Gasteiger partial charge in [0.1, 0.15) is 6.10 Å². The van der Waals surface area contributed by atoms with Crippen LogP contribution in [0, 0.1) is 0 Å². The number of carbonyl (C=O) groups excluding carboxylic acids is 1. The molecule has 0 unspecified atom stereocenters. The normalized spacial score (nSPS) is 49.8. The SMILES string of the molecule is O=C1N[C@@H]2C[C@@H](N1)[C@H]1CO[C@H]2O1. The Kier molecular flexibility index (Phi) is 1.18. The van der Waals surface area contributed by atoms with Crippen molar-refractivity contribution in [2.75, 3.05) is 6.61 Å². The second-order valence-electron chi connectivity index (χ2n) is 3.44. The molecule has 2 amide bonds. The topological polar surface area (TPSA) is 59.6 Å². The van der Waals surface area contributed by atoms with Gasteiger partial charge in [0.25, 0.3) is 0 Å². The van der Waals surface area contributed by atoms with Crippen LogP contribution in [0.25, 0.3) is 0 Å². The molecule has 5 heteroatoms. The van der Waals surface area contributed by atoms with Crippen molar-refractivity contribution in [2.45, 2.75) is 30.9 Å². The van der Waals surface area contributed by atoms with Gasteiger partial charge in [-0.15, -0.1) is 0 Å². The van der Waals surface area contributed by atoms with E-state index >= 15 is 0 Å². The molecule has 4 atom stereocenters. The Labute approximate surface area is 69.4 Å². The molecule has 3 fully saturated rings. The molecular formula is C7H10N2O3. The first-order chi connectivity index (χ1) is 5.83. The summed E-state index contributed by atoms with van der Waals surface area (Å²) < 4.78 is 10.9. The molecule has 3 rings (SSSR count). The van der Waals surface area contributed by atoms with Gasteiger partial charge in [-0.1, -0.05) is 0 Å². The summed E-state index contributed by atoms with van der Waals surface area (Å²) in [5, 5.41) is 5.60. The van der Waals surface area contributed by atoms with E-state index in [1.54, 1.807) is 0 Å². The van der Waals surface area contributed by atoms with Crippen molar-refractivity contribution in [3.05, 3.63) is 0 Å². The molecule has 0 saturated carbocycles. The molecule has 12 heavy (non-hydrogen) atoms. The lowest BCUT2D eigenvalue weighted by Gasteiger charge is -2.38. The third kappa shape index (κ3) is 0.776. The monoisotopic (exact) mass is 170 g/mol. The van der Waals surface area contributed by atoms with Crippen molar-refractivity contribution in [2.24, 2.45) is 0 Å². The van der Waals surface area contributed by atoms with Crippen LogP contribution in [0.5, 0.6) is 0 Å². The lowest BCUT2D eigenvalue weighted by atomic mass is 9.98. The highest BCUT2D eigenvalue weighted by molar-refractivity contribution is 5.75. The molecule has 0 radical (unpaired) electrons. The number of amides is 2. The Morgan fingerprint density at radius 3 is 3.08 bits per heavy atom. The Bertz CT molecular complexity index is 213. The summed E-state index contributed by atoms with van der Waals surface area (Å²) in [4.78, 5) is 11.1. The molecule has 4 bridgehead atoms. The predicted octanol–water partition coefficient (Wildman–Crippen LogP) is -0.818. The summed E-state index contributed by atoms with van der Waals surface area (Å²) >= 11 is 0. The first kappa shape index (κ1) is 6.68.